The third-order valence-corrected chi connectivity index (χ3v) is 6.50. The lowest BCUT2D eigenvalue weighted by atomic mass is 9.79. The Bertz CT molecular complexity index is 799. The average molecular weight is 459 g/mol. The molecule has 0 N–H and O–H groups in total. The molecule has 1 heterocycles. The molecule has 156 valence electrons. The van der Waals surface area contributed by atoms with Crippen molar-refractivity contribution in [1.82, 2.24) is 9.97 Å². The number of carbonyl (C=O) groups is 1. The first kappa shape index (κ1) is 21.9. The lowest BCUT2D eigenvalue weighted by Gasteiger charge is -2.27. The molecule has 2 aromatic rings. The first-order chi connectivity index (χ1) is 14.1. The fourth-order valence-corrected chi connectivity index (χ4v) is 4.51. The van der Waals surface area contributed by atoms with Crippen LogP contribution in [0.1, 0.15) is 83.4 Å². The van der Waals surface area contributed by atoms with E-state index in [-0.39, 0.29) is 5.97 Å². The van der Waals surface area contributed by atoms with Crippen molar-refractivity contribution in [3.05, 3.63) is 40.9 Å². The molecule has 0 radical (unpaired) electrons. The first-order valence-corrected chi connectivity index (χ1v) is 11.7. The molecule has 0 atom stereocenters. The van der Waals surface area contributed by atoms with Gasteiger partial charge in [-0.25, -0.2) is 9.97 Å². The van der Waals surface area contributed by atoms with Crippen molar-refractivity contribution >= 4 is 21.9 Å². The Balaban J connectivity index is 1.59. The van der Waals surface area contributed by atoms with Crippen LogP contribution in [0.4, 0.5) is 0 Å². The van der Waals surface area contributed by atoms with Crippen LogP contribution >= 0.6 is 15.9 Å². The minimum absolute atomic E-state index is 0.244. The van der Waals surface area contributed by atoms with Gasteiger partial charge in [-0.05, 0) is 65.2 Å². The molecule has 1 saturated carbocycles. The van der Waals surface area contributed by atoms with Gasteiger partial charge in [-0.3, -0.25) is 4.79 Å². The molecule has 5 heteroatoms. The van der Waals surface area contributed by atoms with Crippen LogP contribution in [0.3, 0.4) is 0 Å². The highest BCUT2D eigenvalue weighted by atomic mass is 79.9. The number of unbranched alkanes of at least 4 members (excludes halogenated alkanes) is 2. The van der Waals surface area contributed by atoms with Crippen LogP contribution in [-0.2, 0) is 4.79 Å². The molecule has 1 aliphatic rings. The number of carbonyl (C=O) groups excluding carboxylic acids is 1. The van der Waals surface area contributed by atoms with Gasteiger partial charge in [-0.15, -0.1) is 0 Å². The first-order valence-electron chi connectivity index (χ1n) is 10.9. The Morgan fingerprint density at radius 1 is 1.07 bits per heavy atom. The second-order valence-electron chi connectivity index (χ2n) is 8.02. The second kappa shape index (κ2) is 10.9. The van der Waals surface area contributed by atoms with Gasteiger partial charge in [0.15, 0.2) is 0 Å². The van der Waals surface area contributed by atoms with Gasteiger partial charge in [0, 0.05) is 30.3 Å². The highest BCUT2D eigenvalue weighted by Crippen LogP contribution is 2.37. The molecular weight excluding hydrogens is 428 g/mol. The number of rotatable bonds is 8. The number of hydrogen-bond donors (Lipinski definition) is 0. The third kappa shape index (κ3) is 6.11. The number of nitrogens with zero attached hydrogens (tertiary/aromatic N) is 2. The molecule has 1 aliphatic carbocycles. The molecular formula is C24H31BrN2O2. The third-order valence-electron chi connectivity index (χ3n) is 5.88. The molecule has 1 fully saturated rings. The fraction of sp³-hybridized carbons (Fsp3) is 0.542. The number of hydrogen-bond acceptors (Lipinski definition) is 4. The molecule has 0 unspecified atom stereocenters. The number of esters is 1. The maximum atomic E-state index is 11.5. The molecule has 0 bridgehead atoms. The zero-order valence-electron chi connectivity index (χ0n) is 17.5. The van der Waals surface area contributed by atoms with Crippen molar-refractivity contribution in [2.24, 2.45) is 5.92 Å². The summed E-state index contributed by atoms with van der Waals surface area (Å²) >= 11 is 3.49. The predicted molar refractivity (Wildman–Crippen MR) is 120 cm³/mol. The summed E-state index contributed by atoms with van der Waals surface area (Å²) in [7, 11) is 0. The van der Waals surface area contributed by atoms with E-state index in [2.05, 4.69) is 32.8 Å². The average Bonchev–Trinajstić information content (AvgIpc) is 2.76. The number of ether oxygens (including phenoxy) is 1. The maximum Gasteiger partial charge on any atom is 0.310 e. The monoisotopic (exact) mass is 458 g/mol. The molecule has 3 rings (SSSR count). The number of aromatic nitrogens is 2. The Morgan fingerprint density at radius 2 is 1.79 bits per heavy atom. The maximum absolute atomic E-state index is 11.5. The summed E-state index contributed by atoms with van der Waals surface area (Å²) in [6, 6.07) is 5.68. The Hall–Kier alpha value is -1.75. The van der Waals surface area contributed by atoms with Gasteiger partial charge in [-0.2, -0.15) is 0 Å². The summed E-state index contributed by atoms with van der Waals surface area (Å²) in [6.45, 7) is 4.05. The van der Waals surface area contributed by atoms with E-state index in [1.165, 1.54) is 51.4 Å². The van der Waals surface area contributed by atoms with Crippen molar-refractivity contribution in [2.75, 3.05) is 0 Å². The Morgan fingerprint density at radius 3 is 2.41 bits per heavy atom. The van der Waals surface area contributed by atoms with E-state index in [1.54, 1.807) is 13.0 Å². The van der Waals surface area contributed by atoms with E-state index < -0.39 is 0 Å². The number of halogens is 1. The summed E-state index contributed by atoms with van der Waals surface area (Å²) in [5.41, 5.74) is 1.97. The topological polar surface area (TPSA) is 52.1 Å². The van der Waals surface area contributed by atoms with Crippen molar-refractivity contribution in [3.63, 3.8) is 0 Å². The lowest BCUT2D eigenvalue weighted by molar-refractivity contribution is -0.134. The van der Waals surface area contributed by atoms with Crippen LogP contribution in [0.15, 0.2) is 35.1 Å². The van der Waals surface area contributed by atoms with Gasteiger partial charge in [0.25, 0.3) is 0 Å². The van der Waals surface area contributed by atoms with Crippen LogP contribution < -0.4 is 4.74 Å². The lowest BCUT2D eigenvalue weighted by Crippen LogP contribution is -2.15. The van der Waals surface area contributed by atoms with E-state index in [0.29, 0.717) is 18.1 Å². The summed E-state index contributed by atoms with van der Waals surface area (Å²) in [4.78, 5) is 20.9. The van der Waals surface area contributed by atoms with Gasteiger partial charge in [0.2, 0.25) is 0 Å². The second-order valence-corrected chi connectivity index (χ2v) is 8.87. The quantitative estimate of drug-likeness (QED) is 0.241. The SMILES string of the molecule is CCCCC[C@H]1CC[C@H](c2ncc(-c3ccc(OC(=O)CC)c(Br)c3)cn2)CC1. The van der Waals surface area contributed by atoms with Gasteiger partial charge >= 0.3 is 5.97 Å². The van der Waals surface area contributed by atoms with Crippen molar-refractivity contribution in [1.29, 1.82) is 0 Å². The molecule has 0 spiro atoms. The zero-order valence-corrected chi connectivity index (χ0v) is 19.1. The summed E-state index contributed by atoms with van der Waals surface area (Å²) in [5, 5.41) is 0. The summed E-state index contributed by atoms with van der Waals surface area (Å²) < 4.78 is 6.06. The van der Waals surface area contributed by atoms with Gasteiger partial charge < -0.3 is 4.74 Å². The van der Waals surface area contributed by atoms with E-state index in [1.807, 2.05) is 24.5 Å². The molecule has 0 aliphatic heterocycles. The highest BCUT2D eigenvalue weighted by molar-refractivity contribution is 9.10. The van der Waals surface area contributed by atoms with Gasteiger partial charge in [-0.1, -0.05) is 45.6 Å². The summed E-state index contributed by atoms with van der Waals surface area (Å²) in [5.74, 6) is 2.66. The van der Waals surface area contributed by atoms with E-state index in [0.717, 1.165) is 27.3 Å². The standard InChI is InChI=1S/C24H31BrN2O2/c1-3-5-6-7-17-8-10-18(11-9-17)24-26-15-20(16-27-24)19-12-13-22(21(25)14-19)29-23(28)4-2/h12-18H,3-11H2,1-2H3/t17-,18-. The molecule has 29 heavy (non-hydrogen) atoms. The minimum Gasteiger partial charge on any atom is -0.425 e. The largest absolute Gasteiger partial charge is 0.425 e. The van der Waals surface area contributed by atoms with E-state index >= 15 is 0 Å². The van der Waals surface area contributed by atoms with Crippen LogP contribution in [0.2, 0.25) is 0 Å². The summed E-state index contributed by atoms with van der Waals surface area (Å²) in [6.07, 6.45) is 14.6. The van der Waals surface area contributed by atoms with Gasteiger partial charge in [0.1, 0.15) is 11.6 Å². The molecule has 1 aromatic heterocycles. The predicted octanol–water partition coefficient (Wildman–Crippen LogP) is 7.08. The van der Waals surface area contributed by atoms with Crippen molar-refractivity contribution in [2.45, 2.75) is 77.6 Å². The van der Waals surface area contributed by atoms with Crippen LogP contribution in [0.5, 0.6) is 5.75 Å². The van der Waals surface area contributed by atoms with Crippen LogP contribution in [0.25, 0.3) is 11.1 Å². The fourth-order valence-electron chi connectivity index (χ4n) is 4.05. The zero-order chi connectivity index (χ0) is 20.6. The normalized spacial score (nSPS) is 19.1. The highest BCUT2D eigenvalue weighted by Gasteiger charge is 2.23. The van der Waals surface area contributed by atoms with Gasteiger partial charge in [0.05, 0.1) is 4.47 Å². The van der Waals surface area contributed by atoms with E-state index in [9.17, 15) is 4.79 Å². The smallest absolute Gasteiger partial charge is 0.310 e. The Labute approximate surface area is 182 Å². The molecule has 1 aromatic carbocycles. The molecule has 4 nitrogen and oxygen atoms in total. The number of benzene rings is 1. The molecule has 0 saturated heterocycles. The minimum atomic E-state index is -0.244. The van der Waals surface area contributed by atoms with Crippen molar-refractivity contribution < 1.29 is 9.53 Å². The van der Waals surface area contributed by atoms with Crippen LogP contribution in [0, 0.1) is 5.92 Å². The Kier molecular flexibility index (Phi) is 8.22. The van der Waals surface area contributed by atoms with E-state index in [4.69, 9.17) is 4.74 Å². The van der Waals surface area contributed by atoms with Crippen LogP contribution in [-0.4, -0.2) is 15.9 Å². The molecule has 0 amide bonds. The van der Waals surface area contributed by atoms with Crippen molar-refractivity contribution in [3.8, 4) is 16.9 Å².